The first kappa shape index (κ1) is 28.6. The van der Waals surface area contributed by atoms with Crippen LogP contribution in [0.15, 0.2) is 48.6 Å². The molecule has 0 radical (unpaired) electrons. The molecule has 0 unspecified atom stereocenters. The zero-order chi connectivity index (χ0) is 26.5. The summed E-state index contributed by atoms with van der Waals surface area (Å²) in [6, 6.07) is 8.92. The number of rotatable bonds is 11. The van der Waals surface area contributed by atoms with E-state index in [2.05, 4.69) is 0 Å². The Labute approximate surface area is 214 Å². The number of thiophene rings is 1. The standard InChI is InChI=1S/C28H35F3O4S/c1-17(2)27(35)26-14-12-21(36-26)7-4-8-22-23(25(34)16-24(22)33)13-11-20(32)10-9-18-5-3-6-19(15-18)28(29,30)31/h3,5-6,11-15,17,20,22-25,32-34H,4,7-10,16H2,1-2H3/b13-11+/t20-,22+,23+,24-,25+/m0/s1. The van der Waals surface area contributed by atoms with Gasteiger partial charge < -0.3 is 15.3 Å². The van der Waals surface area contributed by atoms with Gasteiger partial charge in [0.05, 0.1) is 28.8 Å². The van der Waals surface area contributed by atoms with Gasteiger partial charge in [0.25, 0.3) is 0 Å². The highest BCUT2D eigenvalue weighted by Crippen LogP contribution is 2.37. The van der Waals surface area contributed by atoms with Gasteiger partial charge in [0.1, 0.15) is 0 Å². The molecule has 0 aliphatic heterocycles. The molecular formula is C28H35F3O4S. The Balaban J connectivity index is 1.52. The van der Waals surface area contributed by atoms with Crippen LogP contribution in [0.25, 0.3) is 0 Å². The summed E-state index contributed by atoms with van der Waals surface area (Å²) >= 11 is 1.50. The number of halogens is 3. The van der Waals surface area contributed by atoms with E-state index in [-0.39, 0.29) is 42.8 Å². The molecule has 3 rings (SSSR count). The highest BCUT2D eigenvalue weighted by Gasteiger charge is 2.39. The predicted octanol–water partition coefficient (Wildman–Crippen LogP) is 5.84. The highest BCUT2D eigenvalue weighted by molar-refractivity contribution is 7.14. The second-order valence-corrected chi connectivity index (χ2v) is 11.1. The molecule has 198 valence electrons. The van der Waals surface area contributed by atoms with E-state index in [0.717, 1.165) is 34.7 Å². The lowest BCUT2D eigenvalue weighted by Gasteiger charge is -2.21. The molecule has 8 heteroatoms. The van der Waals surface area contributed by atoms with E-state index in [4.69, 9.17) is 0 Å². The number of aliphatic hydroxyl groups excluding tert-OH is 3. The van der Waals surface area contributed by atoms with E-state index >= 15 is 0 Å². The van der Waals surface area contributed by atoms with Crippen LogP contribution in [0.3, 0.4) is 0 Å². The minimum absolute atomic E-state index is 0.0421. The molecule has 1 saturated carbocycles. The Morgan fingerprint density at radius 3 is 2.58 bits per heavy atom. The van der Waals surface area contributed by atoms with Crippen molar-refractivity contribution in [3.63, 3.8) is 0 Å². The summed E-state index contributed by atoms with van der Waals surface area (Å²) in [7, 11) is 0. The number of alkyl halides is 3. The summed E-state index contributed by atoms with van der Waals surface area (Å²) in [6.45, 7) is 3.76. The number of hydrogen-bond donors (Lipinski definition) is 3. The lowest BCUT2D eigenvalue weighted by Crippen LogP contribution is -2.21. The van der Waals surface area contributed by atoms with Crippen LogP contribution in [0, 0.1) is 17.8 Å². The number of carbonyl (C=O) groups is 1. The van der Waals surface area contributed by atoms with Crippen LogP contribution < -0.4 is 0 Å². The van der Waals surface area contributed by atoms with Gasteiger partial charge in [-0.1, -0.05) is 44.2 Å². The second kappa shape index (κ2) is 12.5. The van der Waals surface area contributed by atoms with Gasteiger partial charge in [-0.25, -0.2) is 0 Å². The first-order valence-electron chi connectivity index (χ1n) is 12.5. The second-order valence-electron chi connectivity index (χ2n) is 9.98. The van der Waals surface area contributed by atoms with Crippen LogP contribution in [-0.4, -0.2) is 39.4 Å². The summed E-state index contributed by atoms with van der Waals surface area (Å²) in [6.07, 6.45) is -0.216. The van der Waals surface area contributed by atoms with Crippen molar-refractivity contribution in [2.75, 3.05) is 0 Å². The van der Waals surface area contributed by atoms with Crippen molar-refractivity contribution in [2.24, 2.45) is 17.8 Å². The van der Waals surface area contributed by atoms with Gasteiger partial charge in [-0.2, -0.15) is 13.2 Å². The van der Waals surface area contributed by atoms with Crippen LogP contribution in [0.4, 0.5) is 13.2 Å². The first-order chi connectivity index (χ1) is 17.0. The zero-order valence-electron chi connectivity index (χ0n) is 20.6. The third kappa shape index (κ3) is 7.75. The normalized spacial score (nSPS) is 23.6. The topological polar surface area (TPSA) is 77.8 Å². The van der Waals surface area contributed by atoms with Gasteiger partial charge in [-0.15, -0.1) is 11.3 Å². The lowest BCUT2D eigenvalue weighted by atomic mass is 9.88. The van der Waals surface area contributed by atoms with Crippen molar-refractivity contribution in [3.8, 4) is 0 Å². The molecule has 4 nitrogen and oxygen atoms in total. The maximum absolute atomic E-state index is 12.9. The maximum Gasteiger partial charge on any atom is 0.416 e. The molecule has 1 fully saturated rings. The highest BCUT2D eigenvalue weighted by atomic mass is 32.1. The fourth-order valence-corrected chi connectivity index (χ4v) is 5.93. The lowest BCUT2D eigenvalue weighted by molar-refractivity contribution is -0.137. The van der Waals surface area contributed by atoms with Crippen LogP contribution in [0.1, 0.15) is 65.2 Å². The number of Topliss-reactive ketones (excluding diaryl/α,β-unsaturated/α-hetero) is 1. The number of aryl methyl sites for hydroxylation is 2. The minimum Gasteiger partial charge on any atom is -0.393 e. The van der Waals surface area contributed by atoms with E-state index in [1.807, 2.05) is 26.0 Å². The van der Waals surface area contributed by atoms with Crippen LogP contribution in [0.5, 0.6) is 0 Å². The zero-order valence-corrected chi connectivity index (χ0v) is 21.4. The van der Waals surface area contributed by atoms with Crippen molar-refractivity contribution in [3.05, 3.63) is 69.4 Å². The Hall–Kier alpha value is -2.00. The fourth-order valence-electron chi connectivity index (χ4n) is 4.79. The van der Waals surface area contributed by atoms with E-state index in [1.165, 1.54) is 17.4 Å². The Morgan fingerprint density at radius 2 is 1.89 bits per heavy atom. The number of benzene rings is 1. The van der Waals surface area contributed by atoms with E-state index in [0.29, 0.717) is 12.0 Å². The molecular weight excluding hydrogens is 489 g/mol. The van der Waals surface area contributed by atoms with Crippen molar-refractivity contribution < 1.29 is 33.3 Å². The monoisotopic (exact) mass is 524 g/mol. The van der Waals surface area contributed by atoms with E-state index in [1.54, 1.807) is 18.2 Å². The summed E-state index contributed by atoms with van der Waals surface area (Å²) in [5.74, 6) is -0.356. The molecule has 5 atom stereocenters. The predicted molar refractivity (Wildman–Crippen MR) is 135 cm³/mol. The molecule has 0 bridgehead atoms. The van der Waals surface area contributed by atoms with Crippen LogP contribution >= 0.6 is 11.3 Å². The quantitative estimate of drug-likeness (QED) is 0.255. The summed E-state index contributed by atoms with van der Waals surface area (Å²) < 4.78 is 38.7. The maximum atomic E-state index is 12.9. The average Bonchev–Trinajstić information content (AvgIpc) is 3.39. The third-order valence-corrected chi connectivity index (χ3v) is 8.00. The molecule has 1 aromatic carbocycles. The van der Waals surface area contributed by atoms with Crippen LogP contribution in [0.2, 0.25) is 0 Å². The largest absolute Gasteiger partial charge is 0.416 e. The fraction of sp³-hybridized carbons (Fsp3) is 0.536. The molecule has 36 heavy (non-hydrogen) atoms. The SMILES string of the molecule is CC(C)C(=O)c1ccc(CCC[C@@H]2[C@@H](/C=C/[C@@H](O)CCc3cccc(C(F)(F)F)c3)[C@H](O)C[C@@H]2O)s1. The van der Waals surface area contributed by atoms with Gasteiger partial charge in [0.15, 0.2) is 5.78 Å². The van der Waals surface area contributed by atoms with Gasteiger partial charge in [0.2, 0.25) is 0 Å². The smallest absolute Gasteiger partial charge is 0.393 e. The summed E-state index contributed by atoms with van der Waals surface area (Å²) in [5, 5.41) is 31.3. The van der Waals surface area contributed by atoms with Gasteiger partial charge in [-0.05, 0) is 61.8 Å². The number of carbonyl (C=O) groups excluding carboxylic acids is 1. The molecule has 1 heterocycles. The van der Waals surface area contributed by atoms with Gasteiger partial charge >= 0.3 is 6.18 Å². The molecule has 1 aliphatic carbocycles. The third-order valence-electron chi connectivity index (χ3n) is 6.84. The van der Waals surface area contributed by atoms with Crippen LogP contribution in [-0.2, 0) is 19.0 Å². The molecule has 1 aliphatic rings. The molecule has 2 aromatic rings. The Kier molecular flexibility index (Phi) is 9.92. The summed E-state index contributed by atoms with van der Waals surface area (Å²) in [5.41, 5.74) is -0.209. The van der Waals surface area contributed by atoms with E-state index < -0.39 is 30.1 Å². The molecule has 0 amide bonds. The Morgan fingerprint density at radius 1 is 1.14 bits per heavy atom. The van der Waals surface area contributed by atoms with Crippen molar-refractivity contribution in [1.82, 2.24) is 0 Å². The van der Waals surface area contributed by atoms with Crippen molar-refractivity contribution in [1.29, 1.82) is 0 Å². The first-order valence-corrected chi connectivity index (χ1v) is 13.3. The minimum atomic E-state index is -4.40. The van der Waals surface area contributed by atoms with Crippen molar-refractivity contribution >= 4 is 17.1 Å². The number of aliphatic hydroxyl groups is 3. The molecule has 0 spiro atoms. The number of hydrogen-bond acceptors (Lipinski definition) is 5. The molecule has 0 saturated heterocycles. The molecule has 3 N–H and O–H groups in total. The van der Waals surface area contributed by atoms with Crippen molar-refractivity contribution in [2.45, 2.75) is 76.9 Å². The van der Waals surface area contributed by atoms with Gasteiger partial charge in [-0.3, -0.25) is 4.79 Å². The number of ketones is 1. The van der Waals surface area contributed by atoms with E-state index in [9.17, 15) is 33.3 Å². The Bertz CT molecular complexity index is 1030. The molecule has 1 aromatic heterocycles. The summed E-state index contributed by atoms with van der Waals surface area (Å²) in [4.78, 5) is 14.0. The van der Waals surface area contributed by atoms with Gasteiger partial charge in [0, 0.05) is 23.1 Å². The average molecular weight is 525 g/mol.